The molecule has 0 unspecified atom stereocenters. The Hall–Kier alpha value is -0.770. The fourth-order valence-corrected chi connectivity index (χ4v) is 1.35. The van der Waals surface area contributed by atoms with E-state index in [1.165, 1.54) is 12.1 Å². The van der Waals surface area contributed by atoms with Gasteiger partial charge >= 0.3 is 0 Å². The molecule has 3 N–H and O–H groups in total. The number of anilines is 1. The zero-order valence-electron chi connectivity index (χ0n) is 6.35. The Morgan fingerprint density at radius 1 is 1.50 bits per heavy atom. The van der Waals surface area contributed by atoms with Crippen LogP contribution >= 0.6 is 15.9 Å². The van der Waals surface area contributed by atoms with Gasteiger partial charge in [-0.3, -0.25) is 0 Å². The van der Waals surface area contributed by atoms with Gasteiger partial charge in [-0.2, -0.15) is 0 Å². The Bertz CT molecular complexity index is 291. The van der Waals surface area contributed by atoms with Gasteiger partial charge in [0, 0.05) is 5.33 Å². The molecule has 1 aromatic carbocycles. The maximum Gasteiger partial charge on any atom is 0.153 e. The molecule has 0 saturated carbocycles. The first-order valence-electron chi connectivity index (χ1n) is 3.48. The molecule has 12 heavy (non-hydrogen) atoms. The largest absolute Gasteiger partial charge is 0.506 e. The molecule has 2 nitrogen and oxygen atoms in total. The van der Waals surface area contributed by atoms with Crippen LogP contribution in [0.3, 0.4) is 0 Å². The number of hydrogen-bond donors (Lipinski definition) is 2. The van der Waals surface area contributed by atoms with Crippen molar-refractivity contribution in [2.24, 2.45) is 0 Å². The number of halogens is 2. The Labute approximate surface area is 78.3 Å². The minimum atomic E-state index is -0.519. The van der Waals surface area contributed by atoms with Gasteiger partial charge < -0.3 is 10.8 Å². The maximum absolute atomic E-state index is 13.1. The van der Waals surface area contributed by atoms with Crippen molar-refractivity contribution in [1.29, 1.82) is 0 Å². The molecule has 0 aliphatic heterocycles. The highest BCUT2D eigenvalue weighted by Gasteiger charge is 2.08. The van der Waals surface area contributed by atoms with Crippen LogP contribution in [0.4, 0.5) is 10.1 Å². The lowest BCUT2D eigenvalue weighted by Gasteiger charge is -2.04. The van der Waals surface area contributed by atoms with Crippen LogP contribution in [-0.2, 0) is 6.42 Å². The zero-order chi connectivity index (χ0) is 9.14. The quantitative estimate of drug-likeness (QED) is 0.467. The summed E-state index contributed by atoms with van der Waals surface area (Å²) in [5.74, 6) is -0.722. The van der Waals surface area contributed by atoms with Crippen LogP contribution < -0.4 is 5.73 Å². The second-order valence-corrected chi connectivity index (χ2v) is 3.20. The van der Waals surface area contributed by atoms with Gasteiger partial charge in [0.25, 0.3) is 0 Å². The summed E-state index contributed by atoms with van der Waals surface area (Å²) in [4.78, 5) is 0. The highest BCUT2D eigenvalue weighted by molar-refractivity contribution is 9.09. The molecule has 0 aromatic heterocycles. The van der Waals surface area contributed by atoms with Crippen molar-refractivity contribution >= 4 is 21.6 Å². The van der Waals surface area contributed by atoms with Crippen molar-refractivity contribution in [3.8, 4) is 5.75 Å². The number of aromatic hydroxyl groups is 1. The molecule has 66 valence electrons. The van der Waals surface area contributed by atoms with Crippen LogP contribution in [0.5, 0.6) is 5.75 Å². The fourth-order valence-electron chi connectivity index (χ4n) is 0.923. The lowest BCUT2D eigenvalue weighted by atomic mass is 10.1. The normalized spacial score (nSPS) is 10.2. The van der Waals surface area contributed by atoms with Crippen molar-refractivity contribution in [1.82, 2.24) is 0 Å². The number of nitrogen functional groups attached to an aromatic ring is 1. The average molecular weight is 234 g/mol. The van der Waals surface area contributed by atoms with Gasteiger partial charge in [0.05, 0.1) is 0 Å². The molecule has 0 radical (unpaired) electrons. The van der Waals surface area contributed by atoms with Crippen molar-refractivity contribution < 1.29 is 9.50 Å². The van der Waals surface area contributed by atoms with E-state index in [1.54, 1.807) is 0 Å². The third kappa shape index (κ3) is 1.69. The van der Waals surface area contributed by atoms with Gasteiger partial charge in [0.1, 0.15) is 11.4 Å². The van der Waals surface area contributed by atoms with Gasteiger partial charge in [-0.05, 0) is 18.1 Å². The van der Waals surface area contributed by atoms with Crippen molar-refractivity contribution in [3.05, 3.63) is 23.5 Å². The maximum atomic E-state index is 13.1. The summed E-state index contributed by atoms with van der Waals surface area (Å²) in [6.07, 6.45) is 0.566. The zero-order valence-corrected chi connectivity index (χ0v) is 7.94. The highest BCUT2D eigenvalue weighted by Crippen LogP contribution is 2.25. The monoisotopic (exact) mass is 233 g/mol. The Morgan fingerprint density at radius 3 is 2.75 bits per heavy atom. The summed E-state index contributed by atoms with van der Waals surface area (Å²) in [5, 5.41) is 9.69. The standard InChI is InChI=1S/C8H9BrFNO/c9-4-3-5-1-2-6(12)8(11)7(5)10/h1-2,12H,3-4,11H2. The Kier molecular flexibility index (Phi) is 2.92. The van der Waals surface area contributed by atoms with Crippen LogP contribution in [0.25, 0.3) is 0 Å². The summed E-state index contributed by atoms with van der Waals surface area (Å²) in [5.41, 5.74) is 5.62. The average Bonchev–Trinajstić information content (AvgIpc) is 2.07. The van der Waals surface area contributed by atoms with Crippen molar-refractivity contribution in [2.45, 2.75) is 6.42 Å². The van der Waals surface area contributed by atoms with E-state index in [2.05, 4.69) is 15.9 Å². The van der Waals surface area contributed by atoms with E-state index in [4.69, 9.17) is 10.8 Å². The lowest BCUT2D eigenvalue weighted by Crippen LogP contribution is -1.97. The molecule has 1 aromatic rings. The highest BCUT2D eigenvalue weighted by atomic mass is 79.9. The van der Waals surface area contributed by atoms with E-state index >= 15 is 0 Å². The molecule has 0 fully saturated rings. The minimum absolute atomic E-state index is 0.173. The number of aryl methyl sites for hydroxylation is 1. The summed E-state index contributed by atoms with van der Waals surface area (Å²) >= 11 is 3.19. The number of phenolic OH excluding ortho intramolecular Hbond substituents is 1. The van der Waals surface area contributed by atoms with Crippen LogP contribution in [0, 0.1) is 5.82 Å². The molecule has 1 rings (SSSR count). The van der Waals surface area contributed by atoms with E-state index < -0.39 is 5.82 Å². The molecule has 0 saturated heterocycles. The van der Waals surface area contributed by atoms with Gasteiger partial charge in [-0.1, -0.05) is 22.0 Å². The number of rotatable bonds is 2. The van der Waals surface area contributed by atoms with Gasteiger partial charge in [-0.15, -0.1) is 0 Å². The van der Waals surface area contributed by atoms with E-state index in [-0.39, 0.29) is 11.4 Å². The van der Waals surface area contributed by atoms with Gasteiger partial charge in [-0.25, -0.2) is 4.39 Å². The molecule has 0 amide bonds. The molecular weight excluding hydrogens is 225 g/mol. The van der Waals surface area contributed by atoms with Crippen molar-refractivity contribution in [2.75, 3.05) is 11.1 Å². The summed E-state index contributed by atoms with van der Waals surface area (Å²) < 4.78 is 13.1. The van der Waals surface area contributed by atoms with E-state index in [0.717, 1.165) is 0 Å². The summed E-state index contributed by atoms with van der Waals surface area (Å²) in [6, 6.07) is 2.93. The predicted molar refractivity (Wildman–Crippen MR) is 50.0 cm³/mol. The third-order valence-corrected chi connectivity index (χ3v) is 2.00. The minimum Gasteiger partial charge on any atom is -0.506 e. The first-order chi connectivity index (χ1) is 5.66. The van der Waals surface area contributed by atoms with E-state index in [9.17, 15) is 4.39 Å². The lowest BCUT2D eigenvalue weighted by molar-refractivity contribution is 0.472. The van der Waals surface area contributed by atoms with Crippen LogP contribution in [0.2, 0.25) is 0 Å². The van der Waals surface area contributed by atoms with E-state index in [0.29, 0.717) is 17.3 Å². The predicted octanol–water partition coefficient (Wildman–Crippen LogP) is 2.05. The van der Waals surface area contributed by atoms with Crippen LogP contribution in [0.15, 0.2) is 12.1 Å². The van der Waals surface area contributed by atoms with Crippen LogP contribution in [0.1, 0.15) is 5.56 Å². The molecule has 0 heterocycles. The topological polar surface area (TPSA) is 46.2 Å². The smallest absolute Gasteiger partial charge is 0.153 e. The number of alkyl halides is 1. The molecule has 0 aliphatic carbocycles. The first kappa shape index (κ1) is 9.32. The molecular formula is C8H9BrFNO. The molecule has 0 bridgehead atoms. The SMILES string of the molecule is Nc1c(O)ccc(CCBr)c1F. The van der Waals surface area contributed by atoms with Crippen molar-refractivity contribution in [3.63, 3.8) is 0 Å². The second-order valence-electron chi connectivity index (χ2n) is 2.41. The number of hydrogen-bond acceptors (Lipinski definition) is 2. The number of phenols is 1. The van der Waals surface area contributed by atoms with Gasteiger partial charge in [0.15, 0.2) is 5.82 Å². The molecule has 0 spiro atoms. The Morgan fingerprint density at radius 2 is 2.17 bits per heavy atom. The first-order valence-corrected chi connectivity index (χ1v) is 4.60. The molecule has 0 atom stereocenters. The summed E-state index contributed by atoms with van der Waals surface area (Å²) in [7, 11) is 0. The van der Waals surface area contributed by atoms with Crippen LogP contribution in [-0.4, -0.2) is 10.4 Å². The third-order valence-electron chi connectivity index (χ3n) is 1.60. The fraction of sp³-hybridized carbons (Fsp3) is 0.250. The van der Waals surface area contributed by atoms with Gasteiger partial charge in [0.2, 0.25) is 0 Å². The molecule has 0 aliphatic rings. The number of nitrogens with two attached hydrogens (primary N) is 1. The molecule has 4 heteroatoms. The number of benzene rings is 1. The Balaban J connectivity index is 3.08. The second kappa shape index (κ2) is 3.76. The summed E-state index contributed by atoms with van der Waals surface area (Å²) in [6.45, 7) is 0. The van der Waals surface area contributed by atoms with E-state index in [1.807, 2.05) is 0 Å².